The van der Waals surface area contributed by atoms with Crippen molar-refractivity contribution in [2.45, 2.75) is 6.42 Å². The van der Waals surface area contributed by atoms with E-state index in [1.54, 1.807) is 7.11 Å². The molecule has 1 aromatic heterocycles. The standard InChI is InChI=1S/C14H13NO3S/c1-17-8-4-3-7-5-10-11(9(7)6-8)12(13(15)19-10)14(16)18-2/h3-4,6H,5,15H2,1-2H3. The third-order valence-electron chi connectivity index (χ3n) is 3.34. The number of esters is 1. The first kappa shape index (κ1) is 12.0. The molecule has 3 rings (SSSR count). The lowest BCUT2D eigenvalue weighted by Gasteiger charge is -2.06. The van der Waals surface area contributed by atoms with Gasteiger partial charge in [0.2, 0.25) is 0 Å². The summed E-state index contributed by atoms with van der Waals surface area (Å²) in [6, 6.07) is 5.90. The Balaban J connectivity index is 2.23. The van der Waals surface area contributed by atoms with E-state index in [1.807, 2.05) is 18.2 Å². The van der Waals surface area contributed by atoms with Gasteiger partial charge in [0.05, 0.1) is 14.2 Å². The molecular formula is C14H13NO3S. The summed E-state index contributed by atoms with van der Waals surface area (Å²) in [5.41, 5.74) is 9.53. The van der Waals surface area contributed by atoms with Crippen molar-refractivity contribution in [3.8, 4) is 16.9 Å². The molecule has 0 saturated carbocycles. The lowest BCUT2D eigenvalue weighted by atomic mass is 10.0. The molecule has 1 heterocycles. The number of benzene rings is 1. The second-order valence-electron chi connectivity index (χ2n) is 4.33. The summed E-state index contributed by atoms with van der Waals surface area (Å²) in [4.78, 5) is 13.0. The lowest BCUT2D eigenvalue weighted by Crippen LogP contribution is -2.04. The third kappa shape index (κ3) is 1.69. The normalized spacial score (nSPS) is 11.9. The fourth-order valence-electron chi connectivity index (χ4n) is 2.45. The van der Waals surface area contributed by atoms with Crippen molar-refractivity contribution in [2.24, 2.45) is 0 Å². The van der Waals surface area contributed by atoms with Crippen LogP contribution < -0.4 is 10.5 Å². The van der Waals surface area contributed by atoms with Gasteiger partial charge in [-0.25, -0.2) is 4.79 Å². The number of carbonyl (C=O) groups excluding carboxylic acids is 1. The average molecular weight is 275 g/mol. The van der Waals surface area contributed by atoms with Crippen molar-refractivity contribution in [1.29, 1.82) is 0 Å². The predicted octanol–water partition coefficient (Wildman–Crippen LogP) is 2.70. The summed E-state index contributed by atoms with van der Waals surface area (Å²) in [5, 5.41) is 0.519. The van der Waals surface area contributed by atoms with Crippen LogP contribution in [0.5, 0.6) is 5.75 Å². The van der Waals surface area contributed by atoms with Crippen molar-refractivity contribution >= 4 is 22.3 Å². The number of methoxy groups -OCH3 is 2. The van der Waals surface area contributed by atoms with Gasteiger partial charge in [-0.05, 0) is 23.3 Å². The number of rotatable bonds is 2. The van der Waals surface area contributed by atoms with E-state index < -0.39 is 0 Å². The van der Waals surface area contributed by atoms with Crippen LogP contribution in [0.15, 0.2) is 18.2 Å². The Hall–Kier alpha value is -2.01. The number of ether oxygens (including phenoxy) is 2. The maximum absolute atomic E-state index is 11.9. The molecule has 0 unspecified atom stereocenters. The minimum absolute atomic E-state index is 0.384. The maximum atomic E-state index is 11.9. The second kappa shape index (κ2) is 4.28. The molecule has 0 spiro atoms. The Morgan fingerprint density at radius 3 is 2.84 bits per heavy atom. The van der Waals surface area contributed by atoms with Crippen molar-refractivity contribution in [3.63, 3.8) is 0 Å². The Morgan fingerprint density at radius 1 is 1.37 bits per heavy atom. The number of nitrogens with two attached hydrogens (primary N) is 1. The monoisotopic (exact) mass is 275 g/mol. The van der Waals surface area contributed by atoms with Crippen molar-refractivity contribution in [2.75, 3.05) is 20.0 Å². The molecule has 0 amide bonds. The van der Waals surface area contributed by atoms with Gasteiger partial charge in [-0.15, -0.1) is 11.3 Å². The molecule has 0 radical (unpaired) electrons. The topological polar surface area (TPSA) is 61.5 Å². The van der Waals surface area contributed by atoms with Gasteiger partial charge in [-0.2, -0.15) is 0 Å². The van der Waals surface area contributed by atoms with E-state index in [9.17, 15) is 4.79 Å². The largest absolute Gasteiger partial charge is 0.497 e. The summed E-state index contributed by atoms with van der Waals surface area (Å²) in [6.45, 7) is 0. The molecule has 0 saturated heterocycles. The van der Waals surface area contributed by atoms with E-state index in [-0.39, 0.29) is 5.97 Å². The highest BCUT2D eigenvalue weighted by Gasteiger charge is 2.30. The van der Waals surface area contributed by atoms with Crippen LogP contribution in [-0.2, 0) is 11.2 Å². The van der Waals surface area contributed by atoms with Gasteiger partial charge in [0.25, 0.3) is 0 Å². The highest BCUT2D eigenvalue weighted by Crippen LogP contribution is 2.47. The molecular weight excluding hydrogens is 262 g/mol. The SMILES string of the molecule is COC(=O)c1c(N)sc2c1-c1cc(OC)ccc1C2. The number of fused-ring (bicyclic) bond motifs is 3. The smallest absolute Gasteiger partial charge is 0.341 e. The number of nitrogen functional groups attached to an aromatic ring is 1. The minimum Gasteiger partial charge on any atom is -0.497 e. The predicted molar refractivity (Wildman–Crippen MR) is 74.9 cm³/mol. The van der Waals surface area contributed by atoms with Gasteiger partial charge in [0.15, 0.2) is 0 Å². The van der Waals surface area contributed by atoms with Gasteiger partial charge in [-0.1, -0.05) is 6.07 Å². The van der Waals surface area contributed by atoms with E-state index in [2.05, 4.69) is 0 Å². The Kier molecular flexibility index (Phi) is 2.71. The van der Waals surface area contributed by atoms with Gasteiger partial charge in [-0.3, -0.25) is 0 Å². The van der Waals surface area contributed by atoms with Crippen LogP contribution in [-0.4, -0.2) is 20.2 Å². The number of hydrogen-bond donors (Lipinski definition) is 1. The fraction of sp³-hybridized carbons (Fsp3) is 0.214. The zero-order valence-corrected chi connectivity index (χ0v) is 11.5. The van der Waals surface area contributed by atoms with Gasteiger partial charge < -0.3 is 15.2 Å². The molecule has 19 heavy (non-hydrogen) atoms. The number of hydrogen-bond acceptors (Lipinski definition) is 5. The Labute approximate surface area is 114 Å². The van der Waals surface area contributed by atoms with Crippen LogP contribution in [0.4, 0.5) is 5.00 Å². The van der Waals surface area contributed by atoms with Crippen LogP contribution in [0.25, 0.3) is 11.1 Å². The molecule has 0 aliphatic heterocycles. The van der Waals surface area contributed by atoms with E-state index in [0.717, 1.165) is 28.2 Å². The van der Waals surface area contributed by atoms with E-state index >= 15 is 0 Å². The summed E-state index contributed by atoms with van der Waals surface area (Å²) in [6.07, 6.45) is 0.806. The van der Waals surface area contributed by atoms with Crippen LogP contribution in [0.3, 0.4) is 0 Å². The zero-order chi connectivity index (χ0) is 13.6. The van der Waals surface area contributed by atoms with E-state index in [0.29, 0.717) is 10.6 Å². The quantitative estimate of drug-likeness (QED) is 0.730. The molecule has 1 aliphatic rings. The molecule has 2 aromatic rings. The van der Waals surface area contributed by atoms with Crippen molar-refractivity contribution in [3.05, 3.63) is 34.2 Å². The average Bonchev–Trinajstić information content (AvgIpc) is 2.91. The molecule has 4 nitrogen and oxygen atoms in total. The van der Waals surface area contributed by atoms with Crippen molar-refractivity contribution < 1.29 is 14.3 Å². The summed E-state index contributed by atoms with van der Waals surface area (Å²) < 4.78 is 10.1. The maximum Gasteiger partial charge on any atom is 0.341 e. The fourth-order valence-corrected chi connectivity index (χ4v) is 3.55. The summed E-state index contributed by atoms with van der Waals surface area (Å²) >= 11 is 1.45. The molecule has 0 fully saturated rings. The first-order valence-corrected chi connectivity index (χ1v) is 6.64. The summed E-state index contributed by atoms with van der Waals surface area (Å²) in [7, 11) is 2.99. The Bertz CT molecular complexity index is 676. The highest BCUT2D eigenvalue weighted by atomic mass is 32.1. The van der Waals surface area contributed by atoms with Gasteiger partial charge in [0, 0.05) is 16.9 Å². The van der Waals surface area contributed by atoms with Crippen LogP contribution in [0, 0.1) is 0 Å². The molecule has 1 aromatic carbocycles. The first-order valence-electron chi connectivity index (χ1n) is 5.82. The molecule has 0 atom stereocenters. The molecule has 1 aliphatic carbocycles. The van der Waals surface area contributed by atoms with Gasteiger partial charge >= 0.3 is 5.97 Å². The van der Waals surface area contributed by atoms with Crippen LogP contribution >= 0.6 is 11.3 Å². The number of anilines is 1. The molecule has 0 bridgehead atoms. The number of thiophene rings is 1. The van der Waals surface area contributed by atoms with Gasteiger partial charge in [0.1, 0.15) is 16.3 Å². The summed E-state index contributed by atoms with van der Waals surface area (Å²) in [5.74, 6) is 0.387. The lowest BCUT2D eigenvalue weighted by molar-refractivity contribution is 0.0603. The van der Waals surface area contributed by atoms with Crippen LogP contribution in [0.2, 0.25) is 0 Å². The zero-order valence-electron chi connectivity index (χ0n) is 10.6. The minimum atomic E-state index is -0.384. The molecule has 2 N–H and O–H groups in total. The first-order chi connectivity index (χ1) is 9.15. The van der Waals surface area contributed by atoms with Crippen molar-refractivity contribution in [1.82, 2.24) is 0 Å². The highest BCUT2D eigenvalue weighted by molar-refractivity contribution is 7.17. The second-order valence-corrected chi connectivity index (χ2v) is 5.47. The Morgan fingerprint density at radius 2 is 2.16 bits per heavy atom. The van der Waals surface area contributed by atoms with E-state index in [1.165, 1.54) is 24.0 Å². The third-order valence-corrected chi connectivity index (χ3v) is 4.35. The molecule has 98 valence electrons. The van der Waals surface area contributed by atoms with Crippen LogP contribution in [0.1, 0.15) is 20.8 Å². The van der Waals surface area contributed by atoms with E-state index in [4.69, 9.17) is 15.2 Å². The molecule has 5 heteroatoms. The number of carbonyl (C=O) groups is 1.